The van der Waals surface area contributed by atoms with Crippen LogP contribution in [0.2, 0.25) is 0 Å². The van der Waals surface area contributed by atoms with E-state index in [9.17, 15) is 5.11 Å². The lowest BCUT2D eigenvalue weighted by atomic mass is 10.9. The summed E-state index contributed by atoms with van der Waals surface area (Å²) in [6, 6.07) is 0. The Morgan fingerprint density at radius 1 is 1.75 bits per heavy atom. The molecule has 1 rings (SSSR count). The summed E-state index contributed by atoms with van der Waals surface area (Å²) in [6.07, 6.45) is -1.55. The van der Waals surface area contributed by atoms with Crippen LogP contribution in [0.3, 0.4) is 0 Å². The van der Waals surface area contributed by atoms with Gasteiger partial charge in [0.25, 0.3) is 0 Å². The molecule has 0 amide bonds. The van der Waals surface area contributed by atoms with Gasteiger partial charge in [-0.3, -0.25) is 0 Å². The number of aliphatic hydroxyl groups is 1. The minimum absolute atomic E-state index is 0.155. The normalized spacial score (nSPS) is 47.6. The summed E-state index contributed by atoms with van der Waals surface area (Å²) in [6.45, 7) is 1.84. The van der Waals surface area contributed by atoms with Crippen LogP contribution >= 0.6 is 0 Å². The molecule has 3 nitrogen and oxygen atoms in total. The van der Waals surface area contributed by atoms with Crippen LogP contribution in [-0.4, -0.2) is 24.1 Å². The summed E-state index contributed by atoms with van der Waals surface area (Å²) in [5.41, 5.74) is 0. The van der Waals surface area contributed by atoms with E-state index in [-0.39, 0.29) is 12.5 Å². The Bertz CT molecular complexity index is 73.7. The minimum atomic E-state index is -0.822. The van der Waals surface area contributed by atoms with E-state index in [0.29, 0.717) is 0 Å². The molecule has 0 bridgehead atoms. The second-order valence-electron chi connectivity index (χ2n) is 2.12. The Hall–Kier alpha value is -0.120. The lowest BCUT2D eigenvalue weighted by Gasteiger charge is -2.18. The van der Waals surface area contributed by atoms with Gasteiger partial charge in [0.2, 0.25) is 0 Å². The van der Waals surface area contributed by atoms with Gasteiger partial charge in [0.1, 0.15) is 0 Å². The molecule has 0 aromatic heterocycles. The van der Waals surface area contributed by atoms with Gasteiger partial charge in [0.05, 0.1) is 0 Å². The molecule has 1 saturated heterocycles. The maximum absolute atomic E-state index is 10.6. The molecule has 1 aliphatic rings. The van der Waals surface area contributed by atoms with E-state index in [1.807, 2.05) is 0 Å². The Kier molecular flexibility index (Phi) is 1.51. The molecule has 0 aromatic carbocycles. The predicted molar refractivity (Wildman–Crippen MR) is 24.9 cm³/mol. The van der Waals surface area contributed by atoms with Crippen molar-refractivity contribution in [3.63, 3.8) is 0 Å². The van der Waals surface area contributed by atoms with Crippen LogP contribution in [0.1, 0.15) is 6.92 Å². The van der Waals surface area contributed by atoms with Crippen molar-refractivity contribution >= 4 is 0 Å². The van der Waals surface area contributed by atoms with Gasteiger partial charge >= 0.3 is 0 Å². The quantitative estimate of drug-likeness (QED) is 0.405. The van der Waals surface area contributed by atoms with Gasteiger partial charge in [-0.2, -0.15) is 0 Å². The van der Waals surface area contributed by atoms with Crippen LogP contribution in [0.25, 0.3) is 0 Å². The third-order valence-corrected chi connectivity index (χ3v) is 1.47. The van der Waals surface area contributed by atoms with E-state index in [2.05, 4.69) is 4.74 Å². The fourth-order valence-corrected chi connectivity index (χ4v) is 0.681. The number of ether oxygens (including phenoxy) is 1. The molecule has 0 unspecified atom stereocenters. The Balaban J connectivity index is 2.44. The predicted octanol–water partition coefficient (Wildman–Crippen LogP) is -1.30. The molecule has 1 aliphatic heterocycles. The number of rotatable bonds is 0. The molecule has 0 spiro atoms. The molecule has 0 aromatic rings. The monoisotopic (exact) mass is 121 g/mol. The highest BCUT2D eigenvalue weighted by Crippen LogP contribution is 2.15. The van der Waals surface area contributed by atoms with Crippen molar-refractivity contribution < 1.29 is 14.9 Å². The maximum atomic E-state index is 10.6. The fourth-order valence-electron chi connectivity index (χ4n) is 0.681. The van der Waals surface area contributed by atoms with Crippen LogP contribution < -0.4 is 5.11 Å². The molecule has 0 aliphatic carbocycles. The fraction of sp³-hybridized carbons (Fsp3) is 1.00. The van der Waals surface area contributed by atoms with Gasteiger partial charge in [0, 0.05) is 6.61 Å². The molecule has 0 saturated carbocycles. The molecular formula is C5H9O3-. The molecule has 0 radical (unpaired) electrons. The molecule has 1 N–H and O–H groups in total. The standard InChI is InChI=1S/C5H9O3/c1-3-4(6)2-8-5(3)7/h3-5,7H,2H2,1H3/q-1/t3-,4-,5+/m1/s1/i2+1,3+1,4+1,5+1. The molecular weight excluding hydrogens is 112 g/mol. The molecule has 1 fully saturated rings. The molecule has 48 valence electrons. The van der Waals surface area contributed by atoms with Crippen molar-refractivity contribution in [1.82, 2.24) is 0 Å². The summed E-state index contributed by atoms with van der Waals surface area (Å²) >= 11 is 0. The first-order chi connectivity index (χ1) is 3.72. The van der Waals surface area contributed by atoms with E-state index < -0.39 is 12.4 Å². The Labute approximate surface area is 47.9 Å². The first-order valence-electron chi connectivity index (χ1n) is 2.67. The third-order valence-electron chi connectivity index (χ3n) is 1.47. The van der Waals surface area contributed by atoms with Crippen molar-refractivity contribution in [3.8, 4) is 0 Å². The first-order valence-corrected chi connectivity index (χ1v) is 2.67. The summed E-state index contributed by atoms with van der Waals surface area (Å²) in [5, 5.41) is 19.3. The zero-order chi connectivity index (χ0) is 6.15. The van der Waals surface area contributed by atoms with E-state index in [0.717, 1.165) is 0 Å². The maximum Gasteiger partial charge on any atom is 0.156 e. The van der Waals surface area contributed by atoms with Gasteiger partial charge < -0.3 is 14.9 Å². The summed E-state index contributed by atoms with van der Waals surface area (Å²) in [4.78, 5) is 0. The second-order valence-corrected chi connectivity index (χ2v) is 2.12. The van der Waals surface area contributed by atoms with E-state index in [1.54, 1.807) is 6.92 Å². The third kappa shape index (κ3) is 0.844. The van der Waals surface area contributed by atoms with Gasteiger partial charge in [-0.1, -0.05) is 13.0 Å². The van der Waals surface area contributed by atoms with Crippen LogP contribution in [0.15, 0.2) is 0 Å². The highest BCUT2D eigenvalue weighted by Gasteiger charge is 2.23. The highest BCUT2D eigenvalue weighted by atomic mass is 16.8. The topological polar surface area (TPSA) is 52.5 Å². The Morgan fingerprint density at radius 2 is 2.38 bits per heavy atom. The van der Waals surface area contributed by atoms with Crippen LogP contribution in [0.5, 0.6) is 0 Å². The highest BCUT2D eigenvalue weighted by molar-refractivity contribution is 4.71. The van der Waals surface area contributed by atoms with Gasteiger partial charge in [-0.25, -0.2) is 0 Å². The minimum Gasteiger partial charge on any atom is -0.850 e. The molecule has 1 heterocycles. The zero-order valence-electron chi connectivity index (χ0n) is 4.70. The summed E-state index contributed by atoms with van der Waals surface area (Å²) < 4.78 is 4.62. The smallest absolute Gasteiger partial charge is 0.156 e. The number of aliphatic hydroxyl groups excluding tert-OH is 1. The largest absolute Gasteiger partial charge is 0.850 e. The lowest BCUT2D eigenvalue weighted by Crippen LogP contribution is -2.32. The van der Waals surface area contributed by atoms with Crippen molar-refractivity contribution in [2.75, 3.05) is 6.61 Å². The first kappa shape index (κ1) is 6.01. The van der Waals surface area contributed by atoms with Crippen LogP contribution in [0.4, 0.5) is 0 Å². The van der Waals surface area contributed by atoms with Crippen molar-refractivity contribution in [1.29, 1.82) is 0 Å². The van der Waals surface area contributed by atoms with Gasteiger partial charge in [-0.15, -0.1) is 0 Å². The SMILES string of the molecule is C[13C@@H]1[13C@H]([O-])[13CH2]O[13C@@H]1O. The summed E-state index contributed by atoms with van der Waals surface area (Å²) in [5.74, 6) is -0.241. The van der Waals surface area contributed by atoms with Crippen molar-refractivity contribution in [2.45, 2.75) is 19.3 Å². The molecule has 3 heteroatoms. The van der Waals surface area contributed by atoms with Gasteiger partial charge in [0.15, 0.2) is 6.29 Å². The summed E-state index contributed by atoms with van der Waals surface area (Å²) in [7, 11) is 0. The van der Waals surface area contributed by atoms with Crippen molar-refractivity contribution in [3.05, 3.63) is 0 Å². The second kappa shape index (κ2) is 2.01. The Morgan fingerprint density at radius 3 is 2.50 bits per heavy atom. The molecule has 8 heavy (non-hydrogen) atoms. The van der Waals surface area contributed by atoms with Gasteiger partial charge in [-0.05, 0) is 5.92 Å². The average molecular weight is 121 g/mol. The number of hydrogen-bond acceptors (Lipinski definition) is 3. The van der Waals surface area contributed by atoms with Crippen LogP contribution in [0, 0.1) is 5.92 Å². The van der Waals surface area contributed by atoms with Crippen molar-refractivity contribution in [2.24, 2.45) is 5.92 Å². The van der Waals surface area contributed by atoms with E-state index in [4.69, 9.17) is 5.11 Å². The average Bonchev–Trinajstić information content (AvgIpc) is 1.98. The number of hydrogen-bond donors (Lipinski definition) is 1. The zero-order valence-corrected chi connectivity index (χ0v) is 4.70. The molecule has 3 atom stereocenters. The van der Waals surface area contributed by atoms with E-state index >= 15 is 0 Å². The van der Waals surface area contributed by atoms with Crippen LogP contribution in [-0.2, 0) is 4.74 Å². The van der Waals surface area contributed by atoms with E-state index in [1.165, 1.54) is 0 Å². The lowest BCUT2D eigenvalue weighted by molar-refractivity contribution is -0.426.